The second-order valence-electron chi connectivity index (χ2n) is 3.19. The molecule has 0 aliphatic heterocycles. The molecule has 5 nitrogen and oxygen atoms in total. The van der Waals surface area contributed by atoms with Crippen LogP contribution in [0.15, 0.2) is 23.4 Å². The fourth-order valence-corrected chi connectivity index (χ4v) is 1.49. The van der Waals surface area contributed by atoms with E-state index >= 15 is 0 Å². The van der Waals surface area contributed by atoms with Crippen molar-refractivity contribution in [3.63, 3.8) is 0 Å². The molecule has 1 aromatic rings. The number of rotatable bonds is 3. The summed E-state index contributed by atoms with van der Waals surface area (Å²) in [6.07, 6.45) is 3.64. The van der Waals surface area contributed by atoms with Gasteiger partial charge >= 0.3 is 0 Å². The molecule has 1 saturated carbocycles. The van der Waals surface area contributed by atoms with E-state index in [0.717, 1.165) is 12.8 Å². The maximum Gasteiger partial charge on any atom is 0.255 e. The highest BCUT2D eigenvalue weighted by Crippen LogP contribution is 2.26. The lowest BCUT2D eigenvalue weighted by Gasteiger charge is -2.04. The van der Waals surface area contributed by atoms with E-state index in [9.17, 15) is 8.42 Å². The highest BCUT2D eigenvalue weighted by molar-refractivity contribution is 7.89. The summed E-state index contributed by atoms with van der Waals surface area (Å²) >= 11 is 0. The van der Waals surface area contributed by atoms with Crippen LogP contribution in [-0.2, 0) is 10.0 Å². The van der Waals surface area contributed by atoms with Crippen LogP contribution in [-0.4, -0.2) is 19.5 Å². The van der Waals surface area contributed by atoms with Gasteiger partial charge in [-0.1, -0.05) is 0 Å². The molecular weight excluding hydrogens is 204 g/mol. The van der Waals surface area contributed by atoms with Crippen molar-refractivity contribution in [1.29, 1.82) is 0 Å². The maximum absolute atomic E-state index is 10.9. The standard InChI is InChI=1S/C8H10N2O3S/c9-14(11,12)8-5-7(3-4-10-8)13-6-1-2-6/h3-6H,1-2H2,(H2,9,11,12). The van der Waals surface area contributed by atoms with Gasteiger partial charge in [-0.2, -0.15) is 0 Å². The number of primary sulfonamides is 1. The lowest BCUT2D eigenvalue weighted by molar-refractivity contribution is 0.302. The summed E-state index contributed by atoms with van der Waals surface area (Å²) < 4.78 is 27.3. The Morgan fingerprint density at radius 3 is 2.79 bits per heavy atom. The van der Waals surface area contributed by atoms with Crippen molar-refractivity contribution in [3.05, 3.63) is 18.3 Å². The third-order valence-corrected chi connectivity index (χ3v) is 2.63. The van der Waals surface area contributed by atoms with Crippen LogP contribution >= 0.6 is 0 Å². The summed E-state index contributed by atoms with van der Waals surface area (Å²) in [6, 6.07) is 2.96. The molecule has 76 valence electrons. The molecule has 1 fully saturated rings. The monoisotopic (exact) mass is 214 g/mol. The van der Waals surface area contributed by atoms with Gasteiger partial charge in [0.25, 0.3) is 10.0 Å². The molecule has 6 heteroatoms. The van der Waals surface area contributed by atoms with Crippen LogP contribution in [0.3, 0.4) is 0 Å². The van der Waals surface area contributed by atoms with Gasteiger partial charge < -0.3 is 4.74 Å². The molecule has 0 unspecified atom stereocenters. The molecule has 1 heterocycles. The van der Waals surface area contributed by atoms with E-state index in [1.54, 1.807) is 6.07 Å². The number of aromatic nitrogens is 1. The summed E-state index contributed by atoms with van der Waals surface area (Å²) in [4.78, 5) is 3.65. The van der Waals surface area contributed by atoms with E-state index in [0.29, 0.717) is 5.75 Å². The smallest absolute Gasteiger partial charge is 0.255 e. The first-order chi connectivity index (χ1) is 6.55. The predicted molar refractivity (Wildman–Crippen MR) is 49.3 cm³/mol. The lowest BCUT2D eigenvalue weighted by Crippen LogP contribution is -2.14. The Balaban J connectivity index is 2.26. The summed E-state index contributed by atoms with van der Waals surface area (Å²) in [5, 5.41) is 4.77. The molecule has 2 N–H and O–H groups in total. The highest BCUT2D eigenvalue weighted by atomic mass is 32.2. The van der Waals surface area contributed by atoms with E-state index in [1.807, 2.05) is 0 Å². The van der Waals surface area contributed by atoms with Crippen molar-refractivity contribution in [2.75, 3.05) is 0 Å². The first-order valence-electron chi connectivity index (χ1n) is 4.21. The average molecular weight is 214 g/mol. The van der Waals surface area contributed by atoms with Crippen molar-refractivity contribution in [2.45, 2.75) is 24.0 Å². The largest absolute Gasteiger partial charge is 0.490 e. The highest BCUT2D eigenvalue weighted by Gasteiger charge is 2.24. The topological polar surface area (TPSA) is 82.3 Å². The van der Waals surface area contributed by atoms with Gasteiger partial charge in [0, 0.05) is 12.3 Å². The van der Waals surface area contributed by atoms with E-state index in [1.165, 1.54) is 12.3 Å². The van der Waals surface area contributed by atoms with Crippen molar-refractivity contribution >= 4 is 10.0 Å². The zero-order chi connectivity index (χ0) is 10.2. The molecule has 14 heavy (non-hydrogen) atoms. The molecular formula is C8H10N2O3S. The van der Waals surface area contributed by atoms with Gasteiger partial charge in [-0.05, 0) is 18.9 Å². The first-order valence-corrected chi connectivity index (χ1v) is 5.76. The number of nitrogens with two attached hydrogens (primary N) is 1. The Morgan fingerprint density at radius 1 is 1.50 bits per heavy atom. The van der Waals surface area contributed by atoms with Crippen molar-refractivity contribution in [2.24, 2.45) is 5.14 Å². The van der Waals surface area contributed by atoms with Gasteiger partial charge in [-0.25, -0.2) is 18.5 Å². The first kappa shape index (κ1) is 9.42. The molecule has 1 aromatic heterocycles. The second-order valence-corrected chi connectivity index (χ2v) is 4.70. The van der Waals surface area contributed by atoms with Gasteiger partial charge in [-0.3, -0.25) is 0 Å². The van der Waals surface area contributed by atoms with E-state index in [4.69, 9.17) is 9.88 Å². The summed E-state index contributed by atoms with van der Waals surface area (Å²) in [5.41, 5.74) is 0. The van der Waals surface area contributed by atoms with Crippen LogP contribution < -0.4 is 9.88 Å². The number of sulfonamides is 1. The number of ether oxygens (including phenoxy) is 1. The molecule has 0 aromatic carbocycles. The SMILES string of the molecule is NS(=O)(=O)c1cc(OC2CC2)ccn1. The number of hydrogen-bond acceptors (Lipinski definition) is 4. The van der Waals surface area contributed by atoms with Gasteiger partial charge in [-0.15, -0.1) is 0 Å². The van der Waals surface area contributed by atoms with Crippen LogP contribution in [0.25, 0.3) is 0 Å². The molecule has 0 spiro atoms. The summed E-state index contributed by atoms with van der Waals surface area (Å²) in [5.74, 6) is 0.506. The fourth-order valence-electron chi connectivity index (χ4n) is 0.999. The van der Waals surface area contributed by atoms with Crippen LogP contribution in [0.2, 0.25) is 0 Å². The van der Waals surface area contributed by atoms with Crippen LogP contribution in [0.4, 0.5) is 0 Å². The Hall–Kier alpha value is -1.14. The second kappa shape index (κ2) is 3.21. The minimum absolute atomic E-state index is 0.157. The molecule has 0 saturated heterocycles. The van der Waals surface area contributed by atoms with Crippen LogP contribution in [0.1, 0.15) is 12.8 Å². The number of hydrogen-bond donors (Lipinski definition) is 1. The average Bonchev–Trinajstić information content (AvgIpc) is 2.87. The molecule has 0 atom stereocenters. The van der Waals surface area contributed by atoms with Gasteiger partial charge in [0.15, 0.2) is 5.03 Å². The minimum atomic E-state index is -3.73. The molecule has 0 amide bonds. The van der Waals surface area contributed by atoms with Gasteiger partial charge in [0.05, 0.1) is 6.10 Å². The minimum Gasteiger partial charge on any atom is -0.490 e. The quantitative estimate of drug-likeness (QED) is 0.783. The van der Waals surface area contributed by atoms with E-state index < -0.39 is 10.0 Å². The van der Waals surface area contributed by atoms with Crippen LogP contribution in [0, 0.1) is 0 Å². The van der Waals surface area contributed by atoms with Crippen LogP contribution in [0.5, 0.6) is 5.75 Å². The molecule has 0 bridgehead atoms. The zero-order valence-electron chi connectivity index (χ0n) is 7.38. The van der Waals surface area contributed by atoms with Gasteiger partial charge in [0.1, 0.15) is 5.75 Å². The Kier molecular flexibility index (Phi) is 2.16. The number of pyridine rings is 1. The Morgan fingerprint density at radius 2 is 2.21 bits per heavy atom. The summed E-state index contributed by atoms with van der Waals surface area (Å²) in [7, 11) is -3.73. The van der Waals surface area contributed by atoms with E-state index in [2.05, 4.69) is 4.98 Å². The van der Waals surface area contributed by atoms with Crippen molar-refractivity contribution < 1.29 is 13.2 Å². The third kappa shape index (κ3) is 2.21. The Bertz CT molecular complexity index is 440. The predicted octanol–water partition coefficient (Wildman–Crippen LogP) is 0.270. The third-order valence-electron chi connectivity index (χ3n) is 1.82. The molecule has 1 aliphatic rings. The van der Waals surface area contributed by atoms with Crippen molar-refractivity contribution in [3.8, 4) is 5.75 Å². The van der Waals surface area contributed by atoms with E-state index in [-0.39, 0.29) is 11.1 Å². The lowest BCUT2D eigenvalue weighted by atomic mass is 10.4. The normalized spacial score (nSPS) is 16.6. The molecule has 0 radical (unpaired) electrons. The Labute approximate surface area is 82.0 Å². The maximum atomic E-state index is 10.9. The van der Waals surface area contributed by atoms with Crippen molar-refractivity contribution in [1.82, 2.24) is 4.98 Å². The molecule has 1 aliphatic carbocycles. The number of nitrogens with zero attached hydrogens (tertiary/aromatic N) is 1. The van der Waals surface area contributed by atoms with Gasteiger partial charge in [0.2, 0.25) is 0 Å². The summed E-state index contributed by atoms with van der Waals surface area (Å²) in [6.45, 7) is 0. The zero-order valence-corrected chi connectivity index (χ0v) is 8.20. The molecule has 2 rings (SSSR count). The fraction of sp³-hybridized carbons (Fsp3) is 0.375.